The molecule has 4 aromatic rings. The molecule has 0 atom stereocenters. The van der Waals surface area contributed by atoms with Crippen molar-refractivity contribution < 1.29 is 0 Å². The molecule has 25 heavy (non-hydrogen) atoms. The zero-order valence-electron chi connectivity index (χ0n) is 13.8. The minimum absolute atomic E-state index is 1.42. The van der Waals surface area contributed by atoms with Crippen LogP contribution in [0.4, 0.5) is 0 Å². The molecule has 1 heteroatoms. The Labute approximate surface area is 151 Å². The Morgan fingerprint density at radius 3 is 1.16 bits per heavy atom. The SMILES string of the molecule is c1ccc([As+]2(c3ccccc3)c3ccccc3-c3ccccc32)cc1. The standard InChI is InChI=1S/C24H18As/c1-3-11-19(12-4-1)25(20-13-5-2-6-14-20)23-17-9-7-15-21(23)22-16-8-10-18-24(22)25/h1-18H/q+1. The average Bonchev–Trinajstić information content (AvgIpc) is 3.01. The quantitative estimate of drug-likeness (QED) is 0.413. The van der Waals surface area contributed by atoms with Gasteiger partial charge in [-0.25, -0.2) is 0 Å². The van der Waals surface area contributed by atoms with Gasteiger partial charge in [0.15, 0.2) is 0 Å². The van der Waals surface area contributed by atoms with Crippen molar-refractivity contribution in [3.63, 3.8) is 0 Å². The third-order valence-electron chi connectivity index (χ3n) is 5.11. The Bertz CT molecular complexity index is 949. The van der Waals surface area contributed by atoms with Gasteiger partial charge in [-0.15, -0.1) is 0 Å². The topological polar surface area (TPSA) is 0 Å². The van der Waals surface area contributed by atoms with Crippen LogP contribution in [0.15, 0.2) is 109 Å². The first kappa shape index (κ1) is 14.8. The summed E-state index contributed by atoms with van der Waals surface area (Å²) in [6.45, 7) is 0. The zero-order chi connectivity index (χ0) is 16.7. The molecule has 0 nitrogen and oxygen atoms in total. The summed E-state index contributed by atoms with van der Waals surface area (Å²) in [5.74, 6) is 0. The summed E-state index contributed by atoms with van der Waals surface area (Å²) in [5.41, 5.74) is 2.83. The third kappa shape index (κ3) is 2.01. The molecule has 0 saturated carbocycles. The van der Waals surface area contributed by atoms with Gasteiger partial charge in [-0.05, 0) is 0 Å². The van der Waals surface area contributed by atoms with Crippen LogP contribution in [0, 0.1) is 0 Å². The summed E-state index contributed by atoms with van der Waals surface area (Å²) in [7, 11) is 0. The molecule has 0 N–H and O–H groups in total. The second-order valence-corrected chi connectivity index (χ2v) is 13.4. The van der Waals surface area contributed by atoms with E-state index in [1.807, 2.05) is 0 Å². The Hall–Kier alpha value is -2.56. The molecule has 0 aromatic heterocycles. The van der Waals surface area contributed by atoms with Crippen LogP contribution in [0.5, 0.6) is 0 Å². The van der Waals surface area contributed by atoms with Gasteiger partial charge in [0.05, 0.1) is 0 Å². The van der Waals surface area contributed by atoms with Gasteiger partial charge in [0.2, 0.25) is 0 Å². The minimum atomic E-state index is -2.69. The first-order chi connectivity index (χ1) is 12.4. The van der Waals surface area contributed by atoms with Crippen LogP contribution >= 0.6 is 0 Å². The van der Waals surface area contributed by atoms with E-state index in [-0.39, 0.29) is 0 Å². The second-order valence-electron chi connectivity index (χ2n) is 6.38. The van der Waals surface area contributed by atoms with Gasteiger partial charge in [-0.3, -0.25) is 0 Å². The molecule has 0 unspecified atom stereocenters. The van der Waals surface area contributed by atoms with Crippen molar-refractivity contribution in [1.82, 2.24) is 0 Å². The van der Waals surface area contributed by atoms with Crippen LogP contribution in [0.1, 0.15) is 0 Å². The molecular weight excluding hydrogens is 363 g/mol. The number of rotatable bonds is 2. The molecular formula is C24H18As+. The molecule has 1 heterocycles. The fraction of sp³-hybridized carbons (Fsp3) is 0. The predicted molar refractivity (Wildman–Crippen MR) is 109 cm³/mol. The summed E-state index contributed by atoms with van der Waals surface area (Å²) in [4.78, 5) is 0. The first-order valence-electron chi connectivity index (χ1n) is 8.62. The number of hydrogen-bond donors (Lipinski definition) is 0. The van der Waals surface area contributed by atoms with Crippen molar-refractivity contribution in [3.8, 4) is 11.1 Å². The third-order valence-corrected chi connectivity index (χ3v) is 14.3. The number of fused-ring (bicyclic) bond motifs is 3. The molecule has 1 aliphatic heterocycles. The van der Waals surface area contributed by atoms with Crippen LogP contribution < -0.4 is 17.4 Å². The summed E-state index contributed by atoms with van der Waals surface area (Å²) in [6.07, 6.45) is 0. The summed E-state index contributed by atoms with van der Waals surface area (Å²) in [6, 6.07) is 40.4. The van der Waals surface area contributed by atoms with Crippen LogP contribution in [0.3, 0.4) is 0 Å². The Kier molecular flexibility index (Phi) is 3.40. The van der Waals surface area contributed by atoms with Gasteiger partial charge in [-0.1, -0.05) is 0 Å². The van der Waals surface area contributed by atoms with Crippen molar-refractivity contribution >= 4 is 31.0 Å². The van der Waals surface area contributed by atoms with E-state index in [0.717, 1.165) is 0 Å². The van der Waals surface area contributed by atoms with Crippen molar-refractivity contribution in [2.75, 3.05) is 0 Å². The van der Waals surface area contributed by atoms with Crippen LogP contribution in [0.25, 0.3) is 11.1 Å². The fourth-order valence-corrected chi connectivity index (χ4v) is 13.9. The van der Waals surface area contributed by atoms with E-state index in [4.69, 9.17) is 0 Å². The molecule has 0 fully saturated rings. The van der Waals surface area contributed by atoms with E-state index >= 15 is 0 Å². The molecule has 0 radical (unpaired) electrons. The van der Waals surface area contributed by atoms with Crippen LogP contribution in [-0.4, -0.2) is 13.6 Å². The Balaban J connectivity index is 1.98. The van der Waals surface area contributed by atoms with E-state index in [1.165, 1.54) is 19.8 Å². The summed E-state index contributed by atoms with van der Waals surface area (Å²) in [5, 5.41) is 0. The fourth-order valence-electron chi connectivity index (χ4n) is 4.13. The molecule has 0 aliphatic carbocycles. The van der Waals surface area contributed by atoms with Crippen molar-refractivity contribution in [2.24, 2.45) is 0 Å². The summed E-state index contributed by atoms with van der Waals surface area (Å²) >= 11 is -2.69. The van der Waals surface area contributed by atoms with Gasteiger partial charge in [-0.2, -0.15) is 0 Å². The molecule has 1 aliphatic rings. The van der Waals surface area contributed by atoms with Crippen molar-refractivity contribution in [2.45, 2.75) is 0 Å². The molecule has 0 saturated heterocycles. The van der Waals surface area contributed by atoms with Crippen molar-refractivity contribution in [3.05, 3.63) is 109 Å². The monoisotopic (exact) mass is 381 g/mol. The van der Waals surface area contributed by atoms with E-state index in [0.29, 0.717) is 0 Å². The zero-order valence-corrected chi connectivity index (χ0v) is 15.7. The van der Waals surface area contributed by atoms with Crippen LogP contribution in [-0.2, 0) is 0 Å². The van der Waals surface area contributed by atoms with E-state index < -0.39 is 13.6 Å². The van der Waals surface area contributed by atoms with Crippen LogP contribution in [0.2, 0.25) is 0 Å². The Morgan fingerprint density at radius 1 is 0.360 bits per heavy atom. The van der Waals surface area contributed by atoms with E-state index in [2.05, 4.69) is 109 Å². The molecule has 118 valence electrons. The maximum absolute atomic E-state index is 2.69. The molecule has 4 aromatic carbocycles. The van der Waals surface area contributed by atoms with Gasteiger partial charge in [0.1, 0.15) is 0 Å². The number of benzene rings is 4. The second kappa shape index (κ2) is 5.76. The molecule has 0 bridgehead atoms. The van der Waals surface area contributed by atoms with Crippen molar-refractivity contribution in [1.29, 1.82) is 0 Å². The molecule has 0 amide bonds. The van der Waals surface area contributed by atoms with Gasteiger partial charge < -0.3 is 0 Å². The number of hydrogen-bond acceptors (Lipinski definition) is 0. The van der Waals surface area contributed by atoms with E-state index in [1.54, 1.807) is 8.70 Å². The van der Waals surface area contributed by atoms with E-state index in [9.17, 15) is 0 Å². The van der Waals surface area contributed by atoms with Gasteiger partial charge in [0.25, 0.3) is 0 Å². The Morgan fingerprint density at radius 2 is 0.720 bits per heavy atom. The predicted octanol–water partition coefficient (Wildman–Crippen LogP) is 3.04. The van der Waals surface area contributed by atoms with Gasteiger partial charge >= 0.3 is 151 Å². The van der Waals surface area contributed by atoms with Gasteiger partial charge in [0, 0.05) is 0 Å². The normalized spacial score (nSPS) is 13.9. The first-order valence-corrected chi connectivity index (χ1v) is 12.4. The molecule has 5 rings (SSSR count). The maximum atomic E-state index is 2.36. The summed E-state index contributed by atoms with van der Waals surface area (Å²) < 4.78 is 6.06. The average molecular weight is 381 g/mol. The molecule has 0 spiro atoms.